The van der Waals surface area contributed by atoms with E-state index in [2.05, 4.69) is 17.1 Å². The molecule has 0 amide bonds. The molecule has 4 rings (SSSR count). The summed E-state index contributed by atoms with van der Waals surface area (Å²) in [6.07, 6.45) is 3.28. The third-order valence-corrected chi connectivity index (χ3v) is 5.85. The van der Waals surface area contributed by atoms with Crippen molar-refractivity contribution in [3.05, 3.63) is 68.2 Å². The topological polar surface area (TPSA) is 66.9 Å². The summed E-state index contributed by atoms with van der Waals surface area (Å²) >= 11 is 1.50. The second-order valence-electron chi connectivity index (χ2n) is 6.72. The van der Waals surface area contributed by atoms with E-state index in [0.29, 0.717) is 21.9 Å². The maximum atomic E-state index is 12.0. The molecule has 0 spiro atoms. The summed E-state index contributed by atoms with van der Waals surface area (Å²) in [5, 5.41) is 11.1. The summed E-state index contributed by atoms with van der Waals surface area (Å²) < 4.78 is 5.43. The number of fused-ring (bicyclic) bond motifs is 2. The molecule has 5 heteroatoms. The normalized spacial score (nSPS) is 13.0. The van der Waals surface area contributed by atoms with Crippen LogP contribution in [0.3, 0.4) is 0 Å². The molecular weight excluding hydrogens is 344 g/mol. The fourth-order valence-corrected chi connectivity index (χ4v) is 4.69. The lowest BCUT2D eigenvalue weighted by Crippen LogP contribution is -2.01. The van der Waals surface area contributed by atoms with Gasteiger partial charge in [0.2, 0.25) is 0 Å². The lowest BCUT2D eigenvalue weighted by molar-refractivity contribution is 0.559. The second-order valence-corrected chi connectivity index (χ2v) is 7.69. The molecule has 26 heavy (non-hydrogen) atoms. The van der Waals surface area contributed by atoms with Crippen molar-refractivity contribution in [2.45, 2.75) is 43.9 Å². The minimum absolute atomic E-state index is 0.333. The van der Waals surface area contributed by atoms with Crippen LogP contribution in [0, 0.1) is 25.2 Å². The van der Waals surface area contributed by atoms with Gasteiger partial charge in [0.1, 0.15) is 16.7 Å². The number of thioether (sulfide) groups is 1. The second kappa shape index (κ2) is 6.62. The Labute approximate surface area is 155 Å². The smallest absolute Gasteiger partial charge is 0.336 e. The average molecular weight is 362 g/mol. The Morgan fingerprint density at radius 3 is 2.73 bits per heavy atom. The number of rotatable bonds is 3. The zero-order valence-corrected chi connectivity index (χ0v) is 15.6. The van der Waals surface area contributed by atoms with Gasteiger partial charge in [0, 0.05) is 22.9 Å². The van der Waals surface area contributed by atoms with Crippen molar-refractivity contribution in [1.82, 2.24) is 4.98 Å². The van der Waals surface area contributed by atoms with Gasteiger partial charge in [0.05, 0.1) is 5.56 Å². The molecule has 0 atom stereocenters. The van der Waals surface area contributed by atoms with Crippen LogP contribution < -0.4 is 5.63 Å². The predicted octanol–water partition coefficient (Wildman–Crippen LogP) is 4.46. The van der Waals surface area contributed by atoms with Crippen LogP contribution >= 0.6 is 11.8 Å². The van der Waals surface area contributed by atoms with Gasteiger partial charge in [-0.05, 0) is 73.6 Å². The van der Waals surface area contributed by atoms with Crippen LogP contribution in [0.1, 0.15) is 39.9 Å². The summed E-state index contributed by atoms with van der Waals surface area (Å²) in [5.74, 6) is 0.575. The number of hydrogen-bond acceptors (Lipinski definition) is 5. The Morgan fingerprint density at radius 1 is 1.19 bits per heavy atom. The number of aromatic nitrogens is 1. The van der Waals surface area contributed by atoms with Crippen LogP contribution in [0.5, 0.6) is 0 Å². The highest BCUT2D eigenvalue weighted by atomic mass is 32.2. The first-order chi connectivity index (χ1) is 12.5. The molecule has 0 radical (unpaired) electrons. The number of nitriles is 1. The average Bonchev–Trinajstić information content (AvgIpc) is 3.04. The van der Waals surface area contributed by atoms with Gasteiger partial charge < -0.3 is 4.42 Å². The molecule has 3 aromatic rings. The maximum absolute atomic E-state index is 12.0. The molecule has 2 heterocycles. The van der Waals surface area contributed by atoms with E-state index in [4.69, 9.17) is 4.42 Å². The molecule has 130 valence electrons. The van der Waals surface area contributed by atoms with Crippen LogP contribution in [0.15, 0.2) is 38.5 Å². The monoisotopic (exact) mass is 362 g/mol. The summed E-state index contributed by atoms with van der Waals surface area (Å²) in [6.45, 7) is 3.85. The molecule has 0 saturated heterocycles. The molecule has 0 bridgehead atoms. The van der Waals surface area contributed by atoms with Crippen molar-refractivity contribution in [3.8, 4) is 6.07 Å². The number of pyridine rings is 1. The van der Waals surface area contributed by atoms with E-state index in [1.165, 1.54) is 22.9 Å². The van der Waals surface area contributed by atoms with Gasteiger partial charge in [-0.1, -0.05) is 0 Å². The highest BCUT2D eigenvalue weighted by molar-refractivity contribution is 7.98. The minimum Gasteiger partial charge on any atom is -0.423 e. The zero-order valence-electron chi connectivity index (χ0n) is 14.8. The first kappa shape index (κ1) is 16.9. The van der Waals surface area contributed by atoms with E-state index in [-0.39, 0.29) is 5.63 Å². The van der Waals surface area contributed by atoms with E-state index in [0.717, 1.165) is 41.5 Å². The van der Waals surface area contributed by atoms with Crippen molar-refractivity contribution >= 4 is 22.7 Å². The third-order valence-electron chi connectivity index (χ3n) is 4.83. The van der Waals surface area contributed by atoms with E-state index >= 15 is 0 Å². The molecule has 1 aliphatic rings. The zero-order chi connectivity index (χ0) is 18.3. The number of nitrogens with zero attached hydrogens (tertiary/aromatic N) is 2. The molecular formula is C21H18N2O2S. The Balaban J connectivity index is 1.75. The lowest BCUT2D eigenvalue weighted by Gasteiger charge is -2.10. The van der Waals surface area contributed by atoms with Gasteiger partial charge in [-0.3, -0.25) is 0 Å². The van der Waals surface area contributed by atoms with Crippen LogP contribution in [-0.2, 0) is 18.6 Å². The molecule has 0 unspecified atom stereocenters. The van der Waals surface area contributed by atoms with Crippen LogP contribution in [0.2, 0.25) is 0 Å². The van der Waals surface area contributed by atoms with Gasteiger partial charge in [0.25, 0.3) is 0 Å². The summed E-state index contributed by atoms with van der Waals surface area (Å²) in [4.78, 5) is 16.5. The lowest BCUT2D eigenvalue weighted by atomic mass is 10.0. The minimum atomic E-state index is -0.333. The van der Waals surface area contributed by atoms with Crippen molar-refractivity contribution in [2.24, 2.45) is 0 Å². The summed E-state index contributed by atoms with van der Waals surface area (Å²) in [6, 6.07) is 9.90. The third kappa shape index (κ3) is 3.02. The standard InChI is InChI=1S/C21H18N2O2S/c1-12-6-13(2)23-21(18(12)10-22)26-11-16-9-20(24)25-19-8-15-5-3-4-14(15)7-17(16)19/h6-9H,3-5,11H2,1-2H3. The highest BCUT2D eigenvalue weighted by Gasteiger charge is 2.16. The van der Waals surface area contributed by atoms with Gasteiger partial charge in [-0.2, -0.15) is 5.26 Å². The molecule has 0 fully saturated rings. The largest absolute Gasteiger partial charge is 0.423 e. The Kier molecular flexibility index (Phi) is 4.29. The first-order valence-corrected chi connectivity index (χ1v) is 9.63. The SMILES string of the molecule is Cc1cc(C)c(C#N)c(SCc2cc(=O)oc3cc4c(cc23)CCC4)n1. The van der Waals surface area contributed by atoms with E-state index in [1.807, 2.05) is 26.0 Å². The van der Waals surface area contributed by atoms with Gasteiger partial charge in [-0.15, -0.1) is 11.8 Å². The van der Waals surface area contributed by atoms with Crippen molar-refractivity contribution < 1.29 is 4.42 Å². The number of benzene rings is 1. The molecule has 0 saturated carbocycles. The molecule has 1 aliphatic carbocycles. The number of aryl methyl sites for hydroxylation is 4. The Hall–Kier alpha value is -2.58. The van der Waals surface area contributed by atoms with Gasteiger partial charge >= 0.3 is 5.63 Å². The Morgan fingerprint density at radius 2 is 1.96 bits per heavy atom. The van der Waals surface area contributed by atoms with Gasteiger partial charge in [0.15, 0.2) is 0 Å². The number of hydrogen-bond donors (Lipinski definition) is 0. The quantitative estimate of drug-likeness (QED) is 0.508. The van der Waals surface area contributed by atoms with Gasteiger partial charge in [-0.25, -0.2) is 9.78 Å². The van der Waals surface area contributed by atoms with Crippen molar-refractivity contribution in [2.75, 3.05) is 0 Å². The van der Waals surface area contributed by atoms with E-state index in [1.54, 1.807) is 6.07 Å². The molecule has 4 nitrogen and oxygen atoms in total. The predicted molar refractivity (Wildman–Crippen MR) is 102 cm³/mol. The van der Waals surface area contributed by atoms with Crippen LogP contribution in [-0.4, -0.2) is 4.98 Å². The molecule has 2 aromatic heterocycles. The fraction of sp³-hybridized carbons (Fsp3) is 0.286. The molecule has 0 aliphatic heterocycles. The first-order valence-electron chi connectivity index (χ1n) is 8.65. The Bertz CT molecular complexity index is 1130. The van der Waals surface area contributed by atoms with Crippen molar-refractivity contribution in [1.29, 1.82) is 5.26 Å². The van der Waals surface area contributed by atoms with Crippen LogP contribution in [0.4, 0.5) is 0 Å². The molecule has 1 aromatic carbocycles. The fourth-order valence-electron chi connectivity index (χ4n) is 3.60. The summed E-state index contributed by atoms with van der Waals surface area (Å²) in [7, 11) is 0. The molecule has 0 N–H and O–H groups in total. The maximum Gasteiger partial charge on any atom is 0.336 e. The highest BCUT2D eigenvalue weighted by Crippen LogP contribution is 2.32. The van der Waals surface area contributed by atoms with Crippen molar-refractivity contribution in [3.63, 3.8) is 0 Å². The van der Waals surface area contributed by atoms with E-state index in [9.17, 15) is 10.1 Å². The van der Waals surface area contributed by atoms with Crippen LogP contribution in [0.25, 0.3) is 11.0 Å². The van der Waals surface area contributed by atoms with E-state index < -0.39 is 0 Å². The summed E-state index contributed by atoms with van der Waals surface area (Å²) in [5.41, 5.74) is 6.31.